The summed E-state index contributed by atoms with van der Waals surface area (Å²) >= 11 is 0. The zero-order valence-corrected chi connectivity index (χ0v) is 7.50. The number of nitrogens with two attached hydrogens (primary N) is 1. The molecule has 1 saturated carbocycles. The van der Waals surface area contributed by atoms with Gasteiger partial charge in [0.25, 0.3) is 0 Å². The SMILES string of the molecule is NC(c1c(F)ccc(F)c1O)C1CC1. The van der Waals surface area contributed by atoms with E-state index in [9.17, 15) is 13.9 Å². The molecule has 1 aliphatic rings. The normalized spacial score (nSPS) is 18.2. The van der Waals surface area contributed by atoms with E-state index in [1.807, 2.05) is 0 Å². The van der Waals surface area contributed by atoms with Crippen LogP contribution >= 0.6 is 0 Å². The van der Waals surface area contributed by atoms with Gasteiger partial charge in [0.2, 0.25) is 0 Å². The average molecular weight is 199 g/mol. The summed E-state index contributed by atoms with van der Waals surface area (Å²) in [5.74, 6) is -1.93. The maximum Gasteiger partial charge on any atom is 0.165 e. The molecule has 0 bridgehead atoms. The van der Waals surface area contributed by atoms with Crippen LogP contribution in [0, 0.1) is 17.6 Å². The molecular weight excluding hydrogens is 188 g/mol. The number of hydrogen-bond acceptors (Lipinski definition) is 2. The first-order chi connectivity index (χ1) is 6.61. The molecule has 1 aliphatic carbocycles. The van der Waals surface area contributed by atoms with Gasteiger partial charge in [-0.05, 0) is 30.9 Å². The molecule has 1 aromatic carbocycles. The van der Waals surface area contributed by atoms with Crippen molar-refractivity contribution in [1.82, 2.24) is 0 Å². The minimum Gasteiger partial charge on any atom is -0.505 e. The summed E-state index contributed by atoms with van der Waals surface area (Å²) in [6.07, 6.45) is 1.83. The third-order valence-electron chi connectivity index (χ3n) is 2.58. The average Bonchev–Trinajstić information content (AvgIpc) is 2.95. The number of hydrogen-bond donors (Lipinski definition) is 2. The van der Waals surface area contributed by atoms with E-state index in [0.717, 1.165) is 25.0 Å². The zero-order chi connectivity index (χ0) is 10.3. The smallest absolute Gasteiger partial charge is 0.165 e. The molecule has 0 heterocycles. The van der Waals surface area contributed by atoms with E-state index < -0.39 is 23.4 Å². The molecule has 1 fully saturated rings. The van der Waals surface area contributed by atoms with Crippen LogP contribution in [-0.2, 0) is 0 Å². The van der Waals surface area contributed by atoms with Crippen molar-refractivity contribution in [1.29, 1.82) is 0 Å². The first-order valence-corrected chi connectivity index (χ1v) is 4.53. The Balaban J connectivity index is 2.43. The molecule has 1 aromatic rings. The summed E-state index contributed by atoms with van der Waals surface area (Å²) in [6.45, 7) is 0. The quantitative estimate of drug-likeness (QED) is 0.766. The summed E-state index contributed by atoms with van der Waals surface area (Å²) in [6, 6.07) is 1.30. The van der Waals surface area contributed by atoms with Crippen LogP contribution in [0.1, 0.15) is 24.4 Å². The fraction of sp³-hybridized carbons (Fsp3) is 0.400. The van der Waals surface area contributed by atoms with Crippen LogP contribution in [0.2, 0.25) is 0 Å². The summed E-state index contributed by atoms with van der Waals surface area (Å²) in [4.78, 5) is 0. The maximum absolute atomic E-state index is 13.3. The third kappa shape index (κ3) is 1.46. The highest BCUT2D eigenvalue weighted by Crippen LogP contribution is 2.43. The first-order valence-electron chi connectivity index (χ1n) is 4.53. The minimum atomic E-state index is -0.822. The monoisotopic (exact) mass is 199 g/mol. The van der Waals surface area contributed by atoms with Gasteiger partial charge in [-0.2, -0.15) is 0 Å². The highest BCUT2D eigenvalue weighted by molar-refractivity contribution is 5.38. The van der Waals surface area contributed by atoms with E-state index >= 15 is 0 Å². The second-order valence-corrected chi connectivity index (χ2v) is 3.65. The number of phenols is 1. The van der Waals surface area contributed by atoms with Crippen LogP contribution < -0.4 is 5.73 Å². The van der Waals surface area contributed by atoms with E-state index in [0.29, 0.717) is 0 Å². The molecule has 0 aliphatic heterocycles. The molecule has 2 rings (SSSR count). The Morgan fingerprint density at radius 1 is 1.29 bits per heavy atom. The molecule has 3 N–H and O–H groups in total. The number of halogens is 2. The Morgan fingerprint density at radius 2 is 1.86 bits per heavy atom. The molecule has 0 radical (unpaired) electrons. The van der Waals surface area contributed by atoms with E-state index in [1.54, 1.807) is 0 Å². The van der Waals surface area contributed by atoms with Crippen LogP contribution in [-0.4, -0.2) is 5.11 Å². The fourth-order valence-corrected chi connectivity index (χ4v) is 1.56. The van der Waals surface area contributed by atoms with Gasteiger partial charge in [0.15, 0.2) is 11.6 Å². The molecule has 4 heteroatoms. The number of phenolic OH excluding ortho intramolecular Hbond substituents is 1. The fourth-order valence-electron chi connectivity index (χ4n) is 1.56. The van der Waals surface area contributed by atoms with Crippen LogP contribution in [0.25, 0.3) is 0 Å². The Morgan fingerprint density at radius 3 is 2.43 bits per heavy atom. The molecule has 1 unspecified atom stereocenters. The second-order valence-electron chi connectivity index (χ2n) is 3.65. The standard InChI is InChI=1S/C10H11F2NO/c11-6-3-4-7(12)10(14)8(6)9(13)5-1-2-5/h3-5,9,14H,1-2,13H2. The van der Waals surface area contributed by atoms with E-state index in [-0.39, 0.29) is 11.5 Å². The topological polar surface area (TPSA) is 46.2 Å². The van der Waals surface area contributed by atoms with Crippen molar-refractivity contribution >= 4 is 0 Å². The molecule has 14 heavy (non-hydrogen) atoms. The lowest BCUT2D eigenvalue weighted by atomic mass is 10.0. The Bertz CT molecular complexity index is 363. The van der Waals surface area contributed by atoms with Gasteiger partial charge in [0.1, 0.15) is 5.82 Å². The van der Waals surface area contributed by atoms with Gasteiger partial charge >= 0.3 is 0 Å². The van der Waals surface area contributed by atoms with Crippen molar-refractivity contribution < 1.29 is 13.9 Å². The van der Waals surface area contributed by atoms with Crippen molar-refractivity contribution in [2.24, 2.45) is 11.7 Å². The van der Waals surface area contributed by atoms with E-state index in [2.05, 4.69) is 0 Å². The summed E-state index contributed by atoms with van der Waals surface area (Å²) < 4.78 is 26.2. The summed E-state index contributed by atoms with van der Waals surface area (Å²) in [5.41, 5.74) is 5.61. The zero-order valence-electron chi connectivity index (χ0n) is 7.50. The van der Waals surface area contributed by atoms with Crippen molar-refractivity contribution in [2.45, 2.75) is 18.9 Å². The first kappa shape index (κ1) is 9.40. The highest BCUT2D eigenvalue weighted by Gasteiger charge is 2.33. The number of rotatable bonds is 2. The largest absolute Gasteiger partial charge is 0.505 e. The number of aromatic hydroxyl groups is 1. The lowest BCUT2D eigenvalue weighted by Crippen LogP contribution is -2.14. The van der Waals surface area contributed by atoms with E-state index in [4.69, 9.17) is 5.73 Å². The molecule has 76 valence electrons. The highest BCUT2D eigenvalue weighted by atomic mass is 19.1. The predicted octanol–water partition coefficient (Wildman–Crippen LogP) is 2.08. The molecule has 2 nitrogen and oxygen atoms in total. The third-order valence-corrected chi connectivity index (χ3v) is 2.58. The maximum atomic E-state index is 13.3. The molecule has 0 amide bonds. The lowest BCUT2D eigenvalue weighted by molar-refractivity contribution is 0.405. The van der Waals surface area contributed by atoms with Gasteiger partial charge in [-0.25, -0.2) is 8.78 Å². The van der Waals surface area contributed by atoms with Crippen LogP contribution in [0.4, 0.5) is 8.78 Å². The molecule has 0 saturated heterocycles. The Kier molecular flexibility index (Phi) is 2.15. The van der Waals surface area contributed by atoms with Gasteiger partial charge in [-0.1, -0.05) is 0 Å². The van der Waals surface area contributed by atoms with Gasteiger partial charge < -0.3 is 10.8 Å². The predicted molar refractivity (Wildman–Crippen MR) is 47.7 cm³/mol. The van der Waals surface area contributed by atoms with Crippen LogP contribution in [0.3, 0.4) is 0 Å². The van der Waals surface area contributed by atoms with Gasteiger partial charge in [-0.15, -0.1) is 0 Å². The summed E-state index contributed by atoms with van der Waals surface area (Å²) in [5, 5.41) is 9.33. The minimum absolute atomic E-state index is 0.0903. The molecule has 0 spiro atoms. The van der Waals surface area contributed by atoms with Crippen LogP contribution in [0.15, 0.2) is 12.1 Å². The van der Waals surface area contributed by atoms with E-state index in [1.165, 1.54) is 0 Å². The number of benzene rings is 1. The second kappa shape index (κ2) is 3.20. The Hall–Kier alpha value is -1.16. The summed E-state index contributed by atoms with van der Waals surface area (Å²) in [7, 11) is 0. The molecule has 1 atom stereocenters. The molecule has 0 aromatic heterocycles. The van der Waals surface area contributed by atoms with Gasteiger partial charge in [0.05, 0.1) is 0 Å². The van der Waals surface area contributed by atoms with Gasteiger partial charge in [-0.3, -0.25) is 0 Å². The van der Waals surface area contributed by atoms with Crippen molar-refractivity contribution in [3.8, 4) is 5.75 Å². The lowest BCUT2D eigenvalue weighted by Gasteiger charge is -2.13. The van der Waals surface area contributed by atoms with Crippen molar-refractivity contribution in [3.63, 3.8) is 0 Å². The molecular formula is C10H11F2NO. The van der Waals surface area contributed by atoms with Gasteiger partial charge in [0, 0.05) is 11.6 Å². The Labute approximate surface area is 80.4 Å². The van der Waals surface area contributed by atoms with Crippen LogP contribution in [0.5, 0.6) is 5.75 Å². The van der Waals surface area contributed by atoms with Crippen molar-refractivity contribution in [2.75, 3.05) is 0 Å². The van der Waals surface area contributed by atoms with Crippen molar-refractivity contribution in [3.05, 3.63) is 29.3 Å².